The molecule has 1 saturated heterocycles. The van der Waals surface area contributed by atoms with E-state index in [1.807, 2.05) is 0 Å². The Kier molecular flexibility index (Phi) is 5.39. The topological polar surface area (TPSA) is 81.7 Å². The van der Waals surface area contributed by atoms with Gasteiger partial charge in [0.05, 0.1) is 11.8 Å². The zero-order valence-electron chi connectivity index (χ0n) is 13.7. The average Bonchev–Trinajstić information content (AvgIpc) is 3.01. The van der Waals surface area contributed by atoms with Gasteiger partial charge in [-0.1, -0.05) is 23.7 Å². The quantitative estimate of drug-likeness (QED) is 0.768. The summed E-state index contributed by atoms with van der Waals surface area (Å²) in [5.41, 5.74) is 0.533. The molecule has 2 atom stereocenters. The van der Waals surface area contributed by atoms with Crippen LogP contribution in [0.25, 0.3) is 0 Å². The fourth-order valence-corrected chi connectivity index (χ4v) is 2.92. The molecule has 0 bridgehead atoms. The number of benzene rings is 2. The summed E-state index contributed by atoms with van der Waals surface area (Å²) in [7, 11) is 0. The number of hydrogen-bond acceptors (Lipinski definition) is 3. The van der Waals surface area contributed by atoms with E-state index in [9.17, 15) is 19.1 Å². The Morgan fingerprint density at radius 2 is 1.81 bits per heavy atom. The van der Waals surface area contributed by atoms with Crippen LogP contribution in [0.1, 0.15) is 6.42 Å². The molecule has 0 aliphatic carbocycles. The van der Waals surface area contributed by atoms with Gasteiger partial charge in [0, 0.05) is 23.7 Å². The number of hydrogen-bond donors (Lipinski definition) is 3. The number of aliphatic hydroxyl groups is 1. The highest BCUT2D eigenvalue weighted by atomic mass is 35.5. The summed E-state index contributed by atoms with van der Waals surface area (Å²) in [5, 5.41) is 15.5. The van der Waals surface area contributed by atoms with Crippen molar-refractivity contribution in [2.45, 2.75) is 18.6 Å². The summed E-state index contributed by atoms with van der Waals surface area (Å²) in [6.07, 6.45) is -0.753. The Labute approximate surface area is 154 Å². The molecule has 1 aliphatic rings. The van der Waals surface area contributed by atoms with Crippen LogP contribution in [-0.2, 0) is 4.79 Å². The molecular weight excluding hydrogens is 361 g/mol. The summed E-state index contributed by atoms with van der Waals surface area (Å²) in [6, 6.07) is 10.8. The van der Waals surface area contributed by atoms with Gasteiger partial charge in [0.15, 0.2) is 0 Å². The van der Waals surface area contributed by atoms with Gasteiger partial charge in [-0.15, -0.1) is 0 Å². The molecule has 0 aromatic heterocycles. The van der Waals surface area contributed by atoms with E-state index < -0.39 is 29.9 Å². The number of amides is 3. The lowest BCUT2D eigenvalue weighted by molar-refractivity contribution is -0.119. The molecule has 8 heteroatoms. The van der Waals surface area contributed by atoms with Crippen molar-refractivity contribution in [2.24, 2.45) is 0 Å². The van der Waals surface area contributed by atoms with Crippen molar-refractivity contribution in [3.8, 4) is 0 Å². The number of para-hydroxylation sites is 1. The predicted molar refractivity (Wildman–Crippen MR) is 96.6 cm³/mol. The molecule has 0 saturated carbocycles. The maximum Gasteiger partial charge on any atom is 0.322 e. The lowest BCUT2D eigenvalue weighted by atomic mass is 10.2. The van der Waals surface area contributed by atoms with Crippen LogP contribution in [-0.4, -0.2) is 40.6 Å². The van der Waals surface area contributed by atoms with Crippen LogP contribution in [0.4, 0.5) is 20.6 Å². The predicted octanol–water partition coefficient (Wildman–Crippen LogP) is 3.08. The van der Waals surface area contributed by atoms with Crippen LogP contribution < -0.4 is 10.6 Å². The van der Waals surface area contributed by atoms with Gasteiger partial charge in [0.25, 0.3) is 0 Å². The van der Waals surface area contributed by atoms with E-state index in [1.165, 1.54) is 23.1 Å². The van der Waals surface area contributed by atoms with Gasteiger partial charge in [-0.05, 0) is 36.4 Å². The third kappa shape index (κ3) is 4.12. The zero-order valence-corrected chi connectivity index (χ0v) is 14.4. The average molecular weight is 378 g/mol. The first-order valence-electron chi connectivity index (χ1n) is 8.00. The van der Waals surface area contributed by atoms with Gasteiger partial charge in [0.1, 0.15) is 11.9 Å². The second kappa shape index (κ2) is 7.72. The summed E-state index contributed by atoms with van der Waals surface area (Å²) in [6.45, 7) is 0.00871. The van der Waals surface area contributed by atoms with E-state index in [0.29, 0.717) is 10.7 Å². The lowest BCUT2D eigenvalue weighted by Crippen LogP contribution is -2.45. The van der Waals surface area contributed by atoms with Gasteiger partial charge in [-0.2, -0.15) is 0 Å². The molecule has 1 aliphatic heterocycles. The summed E-state index contributed by atoms with van der Waals surface area (Å²) in [5.74, 6) is -1.13. The monoisotopic (exact) mass is 377 g/mol. The van der Waals surface area contributed by atoms with Crippen LogP contribution >= 0.6 is 11.6 Å². The van der Waals surface area contributed by atoms with Crippen molar-refractivity contribution < 1.29 is 19.1 Å². The first kappa shape index (κ1) is 18.2. The smallest absolute Gasteiger partial charge is 0.322 e. The van der Waals surface area contributed by atoms with Crippen molar-refractivity contribution in [1.29, 1.82) is 0 Å². The lowest BCUT2D eigenvalue weighted by Gasteiger charge is -2.24. The van der Waals surface area contributed by atoms with Crippen molar-refractivity contribution in [3.63, 3.8) is 0 Å². The number of rotatable bonds is 3. The Hall–Kier alpha value is -2.64. The van der Waals surface area contributed by atoms with E-state index in [0.717, 1.165) is 0 Å². The van der Waals surface area contributed by atoms with Crippen LogP contribution in [0.2, 0.25) is 5.02 Å². The standard InChI is InChI=1S/C18H17ClFN3O3/c19-11-5-7-12(8-6-11)21-18(26)23-10-13(24)9-16(23)17(25)22-15-4-2-1-3-14(15)20/h1-8,13,16,24H,9-10H2,(H,21,26)(H,22,25)/t13-,16-/m1/s1. The minimum Gasteiger partial charge on any atom is -0.391 e. The molecule has 0 radical (unpaired) electrons. The molecule has 3 amide bonds. The number of nitrogens with one attached hydrogen (secondary N) is 2. The molecule has 136 valence electrons. The van der Waals surface area contributed by atoms with Gasteiger partial charge in [-0.25, -0.2) is 9.18 Å². The molecule has 1 heterocycles. The van der Waals surface area contributed by atoms with Crippen LogP contribution in [0.3, 0.4) is 0 Å². The molecule has 1 fully saturated rings. The second-order valence-corrected chi connectivity index (χ2v) is 6.40. The molecule has 0 spiro atoms. The van der Waals surface area contributed by atoms with Crippen LogP contribution in [0.5, 0.6) is 0 Å². The SMILES string of the molecule is O=C(Nc1ccccc1F)[C@H]1C[C@@H](O)CN1C(=O)Nc1ccc(Cl)cc1. The first-order valence-corrected chi connectivity index (χ1v) is 8.38. The number of carbonyl (C=O) groups excluding carboxylic acids is 2. The first-order chi connectivity index (χ1) is 12.4. The highest BCUT2D eigenvalue weighted by molar-refractivity contribution is 6.30. The number of β-amino-alcohol motifs (C(OH)–C–C–N with tert-alkyl or cyclic N) is 1. The summed E-state index contributed by atoms with van der Waals surface area (Å²) >= 11 is 5.81. The molecule has 2 aromatic carbocycles. The van der Waals surface area contributed by atoms with Crippen molar-refractivity contribution in [1.82, 2.24) is 4.90 Å². The Morgan fingerprint density at radius 3 is 2.50 bits per heavy atom. The molecule has 3 N–H and O–H groups in total. The minimum atomic E-state index is -0.906. The minimum absolute atomic E-state index is 0.00871. The van der Waals surface area contributed by atoms with Crippen molar-refractivity contribution >= 4 is 34.9 Å². The highest BCUT2D eigenvalue weighted by Gasteiger charge is 2.39. The fraction of sp³-hybridized carbons (Fsp3) is 0.222. The Bertz CT molecular complexity index is 816. The maximum atomic E-state index is 13.7. The fourth-order valence-electron chi connectivity index (χ4n) is 2.79. The molecule has 2 aromatic rings. The third-order valence-corrected chi connectivity index (χ3v) is 4.32. The Balaban J connectivity index is 1.71. The zero-order chi connectivity index (χ0) is 18.7. The molecular formula is C18H17ClFN3O3. The molecule has 0 unspecified atom stereocenters. The number of urea groups is 1. The highest BCUT2D eigenvalue weighted by Crippen LogP contribution is 2.22. The maximum absolute atomic E-state index is 13.7. The number of anilines is 2. The van der Waals surface area contributed by atoms with E-state index in [1.54, 1.807) is 30.3 Å². The third-order valence-electron chi connectivity index (χ3n) is 4.07. The van der Waals surface area contributed by atoms with E-state index >= 15 is 0 Å². The normalized spacial score (nSPS) is 19.3. The summed E-state index contributed by atoms with van der Waals surface area (Å²) in [4.78, 5) is 26.2. The largest absolute Gasteiger partial charge is 0.391 e. The van der Waals surface area contributed by atoms with Gasteiger partial charge in [0.2, 0.25) is 5.91 Å². The number of halogens is 2. The number of likely N-dealkylation sites (tertiary alicyclic amines) is 1. The van der Waals surface area contributed by atoms with E-state index in [-0.39, 0.29) is 18.7 Å². The van der Waals surface area contributed by atoms with Crippen LogP contribution in [0.15, 0.2) is 48.5 Å². The Morgan fingerprint density at radius 1 is 1.12 bits per heavy atom. The van der Waals surface area contributed by atoms with Gasteiger partial charge >= 0.3 is 6.03 Å². The van der Waals surface area contributed by atoms with Gasteiger partial charge in [-0.3, -0.25) is 4.79 Å². The summed E-state index contributed by atoms with van der Waals surface area (Å²) < 4.78 is 13.7. The van der Waals surface area contributed by atoms with Crippen molar-refractivity contribution in [2.75, 3.05) is 17.2 Å². The molecule has 6 nitrogen and oxygen atoms in total. The van der Waals surface area contributed by atoms with Crippen molar-refractivity contribution in [3.05, 3.63) is 59.4 Å². The number of carbonyl (C=O) groups is 2. The van der Waals surface area contributed by atoms with Gasteiger partial charge < -0.3 is 20.6 Å². The second-order valence-electron chi connectivity index (χ2n) is 5.96. The van der Waals surface area contributed by atoms with E-state index in [2.05, 4.69) is 10.6 Å². The van der Waals surface area contributed by atoms with Crippen LogP contribution in [0, 0.1) is 5.82 Å². The molecule has 26 heavy (non-hydrogen) atoms. The molecule has 3 rings (SSSR count). The number of nitrogens with zero attached hydrogens (tertiary/aromatic N) is 1. The number of aliphatic hydroxyl groups excluding tert-OH is 1. The van der Waals surface area contributed by atoms with E-state index in [4.69, 9.17) is 11.6 Å².